The molecule has 2 nitrogen and oxygen atoms in total. The second kappa shape index (κ2) is 4.61. The number of hydrogen-bond donors (Lipinski definition) is 2. The van der Waals surface area contributed by atoms with Gasteiger partial charge < -0.3 is 9.69 Å². The van der Waals surface area contributed by atoms with E-state index < -0.39 is 11.1 Å². The van der Waals surface area contributed by atoms with Gasteiger partial charge >= 0.3 is 0 Å². The van der Waals surface area contributed by atoms with Crippen molar-refractivity contribution in [2.45, 2.75) is 25.9 Å². The molecule has 0 aliphatic carbocycles. The van der Waals surface area contributed by atoms with Gasteiger partial charge in [-0.3, -0.25) is 0 Å². The predicted octanol–water partition coefficient (Wildman–Crippen LogP) is 1.83. The molecule has 0 fully saturated rings. The van der Waals surface area contributed by atoms with E-state index in [-0.39, 0.29) is 0 Å². The van der Waals surface area contributed by atoms with Crippen molar-refractivity contribution in [1.82, 2.24) is 0 Å². The number of carbonyl (C=O) groups is 1. The van der Waals surface area contributed by atoms with Gasteiger partial charge in [-0.25, -0.2) is 0 Å². The van der Waals surface area contributed by atoms with Crippen molar-refractivity contribution in [1.29, 1.82) is 0 Å². The number of hydrogen-bond acceptors (Lipinski definition) is 2. The highest BCUT2D eigenvalue weighted by Gasteiger charge is 2.22. The zero-order valence-corrected chi connectivity index (χ0v) is 9.20. The number of carbonyl (C=O) groups excluding carboxylic acids is 1. The summed E-state index contributed by atoms with van der Waals surface area (Å²) in [6, 6.07) is 0. The molecule has 0 amide bonds. The van der Waals surface area contributed by atoms with E-state index in [0.29, 0.717) is 18.6 Å². The Morgan fingerprint density at radius 2 is 2.18 bits per heavy atom. The normalized spacial score (nSPS) is 19.4. The smallest absolute Gasteiger partial charge is 0.131 e. The van der Waals surface area contributed by atoms with Crippen molar-refractivity contribution >= 4 is 35.8 Å². The van der Waals surface area contributed by atoms with E-state index in [2.05, 4.69) is 12.2 Å². The fourth-order valence-corrected chi connectivity index (χ4v) is 2.46. The van der Waals surface area contributed by atoms with Gasteiger partial charge in [0.1, 0.15) is 11.8 Å². The second-order valence-corrected chi connectivity index (χ2v) is 9.07. The van der Waals surface area contributed by atoms with Gasteiger partial charge in [0.25, 0.3) is 0 Å². The maximum absolute atomic E-state index is 10.4. The first kappa shape index (κ1) is 11.6. The van der Waals surface area contributed by atoms with Gasteiger partial charge in [0, 0.05) is 0 Å². The maximum Gasteiger partial charge on any atom is 0.131 e. The third kappa shape index (κ3) is 4.96. The Morgan fingerprint density at radius 1 is 1.73 bits per heavy atom. The minimum absolute atomic E-state index is 0.367. The van der Waals surface area contributed by atoms with Gasteiger partial charge in [-0.15, -0.1) is 12.2 Å². The van der Waals surface area contributed by atoms with Gasteiger partial charge in [0.2, 0.25) is 0 Å². The van der Waals surface area contributed by atoms with Crippen molar-refractivity contribution in [3.63, 3.8) is 0 Å². The lowest BCUT2D eigenvalue weighted by molar-refractivity contribution is -0.107. The second-order valence-electron chi connectivity index (χ2n) is 2.92. The fraction of sp³-hybridized carbons (Fsp3) is 0.833. The summed E-state index contributed by atoms with van der Waals surface area (Å²) in [5.41, 5.74) is -3.11. The van der Waals surface area contributed by atoms with E-state index in [1.807, 2.05) is 13.8 Å². The molecule has 0 aliphatic rings. The summed E-state index contributed by atoms with van der Waals surface area (Å²) in [7, 11) is 0. The Balaban J connectivity index is 4.19. The molecule has 2 unspecified atom stereocenters. The van der Waals surface area contributed by atoms with Crippen molar-refractivity contribution in [2.24, 2.45) is 5.92 Å². The van der Waals surface area contributed by atoms with Gasteiger partial charge in [-0.1, -0.05) is 25.7 Å². The Morgan fingerprint density at radius 3 is 2.27 bits per heavy atom. The van der Waals surface area contributed by atoms with Crippen LogP contribution < -0.4 is 0 Å². The van der Waals surface area contributed by atoms with E-state index in [9.17, 15) is 9.69 Å². The zero-order chi connectivity index (χ0) is 9.07. The van der Waals surface area contributed by atoms with Crippen molar-refractivity contribution in [3.05, 3.63) is 0 Å². The molecule has 2 atom stereocenters. The van der Waals surface area contributed by atoms with Crippen LogP contribution in [0.15, 0.2) is 0 Å². The Kier molecular flexibility index (Phi) is 4.87. The van der Waals surface area contributed by atoms with Gasteiger partial charge in [0.15, 0.2) is 0 Å². The molecule has 0 radical (unpaired) electrons. The SMILES string of the molecule is CC(C)CC(C=O)P(O)(=S)S. The molecule has 0 aromatic carbocycles. The van der Waals surface area contributed by atoms with Crippen LogP contribution in [0.25, 0.3) is 0 Å². The Labute approximate surface area is 77.6 Å². The third-order valence-electron chi connectivity index (χ3n) is 1.30. The fourth-order valence-electron chi connectivity index (χ4n) is 0.755. The maximum atomic E-state index is 10.4. The summed E-state index contributed by atoms with van der Waals surface area (Å²) in [6.07, 6.45) is 1.34. The highest BCUT2D eigenvalue weighted by Crippen LogP contribution is 2.52. The lowest BCUT2D eigenvalue weighted by Crippen LogP contribution is -2.10. The zero-order valence-electron chi connectivity index (χ0n) is 6.60. The molecule has 0 spiro atoms. The summed E-state index contributed by atoms with van der Waals surface area (Å²) in [5, 5.41) is 0. The van der Waals surface area contributed by atoms with Gasteiger partial charge in [-0.2, -0.15) is 0 Å². The molecule has 0 saturated heterocycles. The van der Waals surface area contributed by atoms with E-state index in [4.69, 9.17) is 11.8 Å². The third-order valence-corrected chi connectivity index (χ3v) is 4.20. The van der Waals surface area contributed by atoms with Gasteiger partial charge in [-0.05, 0) is 12.3 Å². The van der Waals surface area contributed by atoms with E-state index >= 15 is 0 Å². The summed E-state index contributed by atoms with van der Waals surface area (Å²) in [5.74, 6) is 0.367. The number of aldehydes is 1. The Hall–Kier alpha value is 0.630. The van der Waals surface area contributed by atoms with Crippen LogP contribution in [0.5, 0.6) is 0 Å². The summed E-state index contributed by atoms with van der Waals surface area (Å²) in [6.45, 7) is 3.96. The summed E-state index contributed by atoms with van der Waals surface area (Å²) < 4.78 is 0. The molecule has 0 aliphatic heterocycles. The molecule has 1 N–H and O–H groups in total. The molecule has 0 saturated carbocycles. The van der Waals surface area contributed by atoms with Crippen molar-refractivity contribution in [3.8, 4) is 0 Å². The monoisotopic (exact) mass is 212 g/mol. The molecular formula is C6H13O2PS2. The van der Waals surface area contributed by atoms with Crippen molar-refractivity contribution in [2.75, 3.05) is 0 Å². The van der Waals surface area contributed by atoms with Crippen molar-refractivity contribution < 1.29 is 9.69 Å². The standard InChI is InChI=1S/C6H13O2PS2/c1-5(2)3-6(4-7)9(8,10)11/h4-6H,3H2,1-2H3,(H2,8,10,11). The molecule has 5 heteroatoms. The first-order valence-corrected chi connectivity index (χ1v) is 7.36. The van der Waals surface area contributed by atoms with E-state index in [0.717, 1.165) is 0 Å². The molecule has 0 heterocycles. The highest BCUT2D eigenvalue weighted by atomic mass is 32.9. The van der Waals surface area contributed by atoms with Gasteiger partial charge in [0.05, 0.1) is 5.66 Å². The molecule has 0 aromatic heterocycles. The van der Waals surface area contributed by atoms with Crippen LogP contribution in [0, 0.1) is 5.92 Å². The van der Waals surface area contributed by atoms with Crippen LogP contribution in [-0.4, -0.2) is 16.8 Å². The molecule has 0 bridgehead atoms. The average molecular weight is 212 g/mol. The first-order chi connectivity index (χ1) is 4.88. The summed E-state index contributed by atoms with van der Waals surface area (Å²) >= 11 is 8.58. The predicted molar refractivity (Wildman–Crippen MR) is 54.8 cm³/mol. The number of rotatable bonds is 4. The molecule has 0 rings (SSSR count). The Bertz CT molecular complexity index is 175. The van der Waals surface area contributed by atoms with Crippen LogP contribution >= 0.6 is 17.7 Å². The van der Waals surface area contributed by atoms with E-state index in [1.54, 1.807) is 0 Å². The largest absolute Gasteiger partial charge is 0.357 e. The lowest BCUT2D eigenvalue weighted by atomic mass is 10.1. The van der Waals surface area contributed by atoms with Crippen LogP contribution in [0.2, 0.25) is 0 Å². The van der Waals surface area contributed by atoms with Crippen LogP contribution in [0.4, 0.5) is 0 Å². The minimum atomic E-state index is -2.67. The number of thiol groups is 1. The molecular weight excluding hydrogens is 199 g/mol. The lowest BCUT2D eigenvalue weighted by Gasteiger charge is -2.17. The first-order valence-electron chi connectivity index (χ1n) is 3.38. The van der Waals surface area contributed by atoms with Crippen LogP contribution in [0.3, 0.4) is 0 Å². The van der Waals surface area contributed by atoms with E-state index in [1.165, 1.54) is 0 Å². The molecule has 0 aromatic rings. The average Bonchev–Trinajstić information content (AvgIpc) is 1.79. The quantitative estimate of drug-likeness (QED) is 0.424. The molecule has 66 valence electrons. The highest BCUT2D eigenvalue weighted by molar-refractivity contribution is 8.61. The van der Waals surface area contributed by atoms with Crippen LogP contribution in [-0.2, 0) is 16.6 Å². The molecule has 11 heavy (non-hydrogen) atoms. The van der Waals surface area contributed by atoms with Crippen LogP contribution in [0.1, 0.15) is 20.3 Å². The summed E-state index contributed by atoms with van der Waals surface area (Å²) in [4.78, 5) is 19.7. The topological polar surface area (TPSA) is 37.3 Å². The minimum Gasteiger partial charge on any atom is -0.357 e.